The molecule has 0 spiro atoms. The first kappa shape index (κ1) is 13.9. The van der Waals surface area contributed by atoms with E-state index in [1.165, 1.54) is 0 Å². The van der Waals surface area contributed by atoms with Gasteiger partial charge in [0.25, 0.3) is 0 Å². The Hall–Kier alpha value is -1.52. The molecule has 5 heteroatoms. The fourth-order valence-corrected chi connectivity index (χ4v) is 2.34. The minimum Gasteiger partial charge on any atom is -0.494 e. The maximum Gasteiger partial charge on any atom is 0.119 e. The standard InChI is InChI=1S/C14H18ClN3O/c1-16-13(14-12(15)10-17-18(14)2)8-9-19-11-6-4-3-5-7-11/h3-7,10,13,16H,8-9H2,1-2H3. The lowest BCUT2D eigenvalue weighted by Crippen LogP contribution is -2.22. The van der Waals surface area contributed by atoms with Crippen LogP contribution in [0.5, 0.6) is 5.75 Å². The molecule has 1 N–H and O–H groups in total. The second kappa shape index (κ2) is 6.59. The molecule has 1 atom stereocenters. The van der Waals surface area contributed by atoms with Crippen LogP contribution in [-0.2, 0) is 7.05 Å². The van der Waals surface area contributed by atoms with Crippen molar-refractivity contribution in [2.45, 2.75) is 12.5 Å². The lowest BCUT2D eigenvalue weighted by Gasteiger charge is -2.17. The first-order valence-corrected chi connectivity index (χ1v) is 6.62. The summed E-state index contributed by atoms with van der Waals surface area (Å²) in [5.74, 6) is 0.883. The van der Waals surface area contributed by atoms with Crippen LogP contribution < -0.4 is 10.1 Å². The van der Waals surface area contributed by atoms with Gasteiger partial charge in [0.2, 0.25) is 0 Å². The molecule has 1 heterocycles. The lowest BCUT2D eigenvalue weighted by atomic mass is 10.1. The van der Waals surface area contributed by atoms with Crippen LogP contribution >= 0.6 is 11.6 Å². The van der Waals surface area contributed by atoms with Crippen LogP contribution in [0, 0.1) is 0 Å². The molecule has 0 fully saturated rings. The van der Waals surface area contributed by atoms with E-state index in [0.29, 0.717) is 11.6 Å². The van der Waals surface area contributed by atoms with Crippen molar-refractivity contribution in [3.8, 4) is 5.75 Å². The molecule has 1 aromatic carbocycles. The molecule has 0 aliphatic heterocycles. The van der Waals surface area contributed by atoms with Crippen LogP contribution in [0.3, 0.4) is 0 Å². The number of hydrogen-bond donors (Lipinski definition) is 1. The number of benzene rings is 1. The fourth-order valence-electron chi connectivity index (χ4n) is 2.04. The monoisotopic (exact) mass is 279 g/mol. The second-order valence-electron chi connectivity index (χ2n) is 4.29. The summed E-state index contributed by atoms with van der Waals surface area (Å²) in [4.78, 5) is 0. The number of nitrogens with zero attached hydrogens (tertiary/aromatic N) is 2. The topological polar surface area (TPSA) is 39.1 Å². The van der Waals surface area contributed by atoms with Gasteiger partial charge in [0.1, 0.15) is 5.75 Å². The van der Waals surface area contributed by atoms with E-state index in [-0.39, 0.29) is 6.04 Å². The largest absolute Gasteiger partial charge is 0.494 e. The van der Waals surface area contributed by atoms with Crippen molar-refractivity contribution < 1.29 is 4.74 Å². The molecule has 19 heavy (non-hydrogen) atoms. The van der Waals surface area contributed by atoms with Gasteiger partial charge < -0.3 is 10.1 Å². The predicted molar refractivity (Wildman–Crippen MR) is 76.6 cm³/mol. The van der Waals surface area contributed by atoms with Crippen molar-refractivity contribution in [3.63, 3.8) is 0 Å². The lowest BCUT2D eigenvalue weighted by molar-refractivity contribution is 0.287. The molecule has 1 aromatic heterocycles. The number of aryl methyl sites for hydroxylation is 1. The molecular formula is C14H18ClN3O. The molecule has 2 aromatic rings. The van der Waals surface area contributed by atoms with E-state index in [2.05, 4.69) is 10.4 Å². The summed E-state index contributed by atoms with van der Waals surface area (Å²) in [6, 6.07) is 9.92. The van der Waals surface area contributed by atoms with Gasteiger partial charge in [-0.2, -0.15) is 5.10 Å². The Morgan fingerprint density at radius 3 is 2.68 bits per heavy atom. The Bertz CT molecular complexity index is 493. The summed E-state index contributed by atoms with van der Waals surface area (Å²) in [6.45, 7) is 0.622. The normalized spacial score (nSPS) is 12.4. The van der Waals surface area contributed by atoms with E-state index in [1.54, 1.807) is 10.9 Å². The molecule has 0 bridgehead atoms. The number of hydrogen-bond acceptors (Lipinski definition) is 3. The van der Waals surface area contributed by atoms with Gasteiger partial charge in [-0.25, -0.2) is 0 Å². The Morgan fingerprint density at radius 2 is 2.11 bits per heavy atom. The highest BCUT2D eigenvalue weighted by atomic mass is 35.5. The third kappa shape index (κ3) is 3.49. The van der Waals surface area contributed by atoms with Gasteiger partial charge in [0.05, 0.1) is 29.6 Å². The highest BCUT2D eigenvalue weighted by molar-refractivity contribution is 6.31. The van der Waals surface area contributed by atoms with Crippen molar-refractivity contribution in [2.24, 2.45) is 7.05 Å². The van der Waals surface area contributed by atoms with E-state index >= 15 is 0 Å². The maximum absolute atomic E-state index is 6.15. The molecule has 4 nitrogen and oxygen atoms in total. The van der Waals surface area contributed by atoms with E-state index in [1.807, 2.05) is 44.4 Å². The number of para-hydroxylation sites is 1. The first-order valence-electron chi connectivity index (χ1n) is 6.25. The Labute approximate surface area is 118 Å². The van der Waals surface area contributed by atoms with Crippen LogP contribution in [0.2, 0.25) is 5.02 Å². The average molecular weight is 280 g/mol. The third-order valence-electron chi connectivity index (χ3n) is 3.03. The minimum atomic E-state index is 0.128. The number of rotatable bonds is 6. The first-order chi connectivity index (χ1) is 9.22. The smallest absolute Gasteiger partial charge is 0.119 e. The van der Waals surface area contributed by atoms with Crippen molar-refractivity contribution >= 4 is 11.6 Å². The average Bonchev–Trinajstić information content (AvgIpc) is 2.76. The van der Waals surface area contributed by atoms with Gasteiger partial charge in [0, 0.05) is 13.5 Å². The zero-order chi connectivity index (χ0) is 13.7. The zero-order valence-electron chi connectivity index (χ0n) is 11.1. The van der Waals surface area contributed by atoms with Crippen molar-refractivity contribution in [3.05, 3.63) is 47.2 Å². The molecule has 1 unspecified atom stereocenters. The summed E-state index contributed by atoms with van der Waals surface area (Å²) in [5.41, 5.74) is 0.987. The summed E-state index contributed by atoms with van der Waals surface area (Å²) >= 11 is 6.15. The Balaban J connectivity index is 1.94. The van der Waals surface area contributed by atoms with Gasteiger partial charge in [-0.05, 0) is 19.2 Å². The molecule has 0 aliphatic carbocycles. The Morgan fingerprint density at radius 1 is 1.37 bits per heavy atom. The van der Waals surface area contributed by atoms with E-state index in [0.717, 1.165) is 17.9 Å². The molecule has 102 valence electrons. The fraction of sp³-hybridized carbons (Fsp3) is 0.357. The zero-order valence-corrected chi connectivity index (χ0v) is 11.9. The van der Waals surface area contributed by atoms with Crippen molar-refractivity contribution in [1.82, 2.24) is 15.1 Å². The predicted octanol–water partition coefficient (Wildman–Crippen LogP) is 2.80. The number of nitrogens with one attached hydrogen (secondary N) is 1. The SMILES string of the molecule is CNC(CCOc1ccccc1)c1c(Cl)cnn1C. The highest BCUT2D eigenvalue weighted by Gasteiger charge is 2.17. The third-order valence-corrected chi connectivity index (χ3v) is 3.33. The van der Waals surface area contributed by atoms with E-state index < -0.39 is 0 Å². The molecule has 0 aliphatic rings. The summed E-state index contributed by atoms with van der Waals surface area (Å²) < 4.78 is 7.50. The van der Waals surface area contributed by atoms with Crippen LogP contribution in [0.1, 0.15) is 18.2 Å². The van der Waals surface area contributed by atoms with Crippen molar-refractivity contribution in [1.29, 1.82) is 0 Å². The molecule has 2 rings (SSSR count). The van der Waals surface area contributed by atoms with Gasteiger partial charge in [0.15, 0.2) is 0 Å². The molecular weight excluding hydrogens is 262 g/mol. The quantitative estimate of drug-likeness (QED) is 0.884. The maximum atomic E-state index is 6.15. The minimum absolute atomic E-state index is 0.128. The number of aromatic nitrogens is 2. The second-order valence-corrected chi connectivity index (χ2v) is 4.70. The van der Waals surface area contributed by atoms with Crippen molar-refractivity contribution in [2.75, 3.05) is 13.7 Å². The Kier molecular flexibility index (Phi) is 4.82. The van der Waals surface area contributed by atoms with E-state index in [4.69, 9.17) is 16.3 Å². The summed E-state index contributed by atoms with van der Waals surface area (Å²) in [5, 5.41) is 8.08. The highest BCUT2D eigenvalue weighted by Crippen LogP contribution is 2.24. The van der Waals surface area contributed by atoms with Gasteiger partial charge in [-0.15, -0.1) is 0 Å². The number of ether oxygens (including phenoxy) is 1. The van der Waals surface area contributed by atoms with Crippen LogP contribution in [0.4, 0.5) is 0 Å². The number of halogens is 1. The molecule has 0 radical (unpaired) electrons. The summed E-state index contributed by atoms with van der Waals surface area (Å²) in [7, 11) is 3.81. The summed E-state index contributed by atoms with van der Waals surface area (Å²) in [6.07, 6.45) is 2.49. The van der Waals surface area contributed by atoms with Crippen LogP contribution in [0.15, 0.2) is 36.5 Å². The van der Waals surface area contributed by atoms with Gasteiger partial charge in [-0.3, -0.25) is 4.68 Å². The van der Waals surface area contributed by atoms with Crippen LogP contribution in [0.25, 0.3) is 0 Å². The van der Waals surface area contributed by atoms with E-state index in [9.17, 15) is 0 Å². The van der Waals surface area contributed by atoms with Gasteiger partial charge in [-0.1, -0.05) is 29.8 Å². The van der Waals surface area contributed by atoms with Crippen LogP contribution in [-0.4, -0.2) is 23.4 Å². The molecule has 0 saturated carbocycles. The molecule has 0 saturated heterocycles. The van der Waals surface area contributed by atoms with Gasteiger partial charge >= 0.3 is 0 Å². The molecule has 0 amide bonds.